The van der Waals surface area contributed by atoms with E-state index in [1.165, 1.54) is 13.8 Å². The van der Waals surface area contributed by atoms with Gasteiger partial charge in [0.1, 0.15) is 5.54 Å². The highest BCUT2D eigenvalue weighted by atomic mass is 32.2. The Hall–Kier alpha value is -1.89. The smallest absolute Gasteiger partial charge is 0.212 e. The third kappa shape index (κ3) is 4.17. The molecule has 0 spiro atoms. The van der Waals surface area contributed by atoms with Gasteiger partial charge in [-0.15, -0.1) is 0 Å². The molecule has 18 heavy (non-hydrogen) atoms. The third-order valence-corrected chi connectivity index (χ3v) is 3.66. The Kier molecular flexibility index (Phi) is 4.07. The molecule has 6 heteroatoms. The van der Waals surface area contributed by atoms with Crippen molar-refractivity contribution in [3.8, 4) is 12.1 Å². The summed E-state index contributed by atoms with van der Waals surface area (Å²) in [5, 5.41) is 17.4. The zero-order valence-electron chi connectivity index (χ0n) is 10.1. The van der Waals surface area contributed by atoms with E-state index in [0.717, 1.165) is 0 Å². The Labute approximate surface area is 107 Å². The zero-order valence-corrected chi connectivity index (χ0v) is 11.0. The molecule has 94 valence electrons. The van der Waals surface area contributed by atoms with Crippen LogP contribution in [0.1, 0.15) is 25.0 Å². The molecule has 1 rings (SSSR count). The van der Waals surface area contributed by atoms with E-state index < -0.39 is 15.6 Å². The molecule has 1 N–H and O–H groups in total. The number of nitriles is 2. The number of hydrogen-bond acceptors (Lipinski definition) is 4. The first-order valence-corrected chi connectivity index (χ1v) is 6.85. The van der Waals surface area contributed by atoms with Gasteiger partial charge in [0.2, 0.25) is 10.0 Å². The quantitative estimate of drug-likeness (QED) is 0.885. The van der Waals surface area contributed by atoms with Gasteiger partial charge in [0.25, 0.3) is 0 Å². The lowest BCUT2D eigenvalue weighted by atomic mass is 10.1. The second kappa shape index (κ2) is 5.18. The maximum absolute atomic E-state index is 11.8. The maximum Gasteiger partial charge on any atom is 0.217 e. The van der Waals surface area contributed by atoms with Crippen LogP contribution >= 0.6 is 0 Å². The van der Waals surface area contributed by atoms with Gasteiger partial charge in [0.15, 0.2) is 0 Å². The predicted octanol–water partition coefficient (Wildman–Crippen LogP) is 1.28. The Bertz CT molecular complexity index is 604. The van der Waals surface area contributed by atoms with Crippen LogP contribution in [0.2, 0.25) is 0 Å². The number of rotatable bonds is 4. The van der Waals surface area contributed by atoms with Crippen LogP contribution in [0.25, 0.3) is 0 Å². The van der Waals surface area contributed by atoms with Crippen LogP contribution < -0.4 is 4.72 Å². The summed E-state index contributed by atoms with van der Waals surface area (Å²) >= 11 is 0. The normalized spacial score (nSPS) is 11.6. The molecule has 0 fully saturated rings. The molecule has 0 atom stereocenters. The summed E-state index contributed by atoms with van der Waals surface area (Å²) in [5.41, 5.74) is -0.0949. The first-order chi connectivity index (χ1) is 8.28. The molecule has 0 unspecified atom stereocenters. The highest BCUT2D eigenvalue weighted by Gasteiger charge is 2.24. The van der Waals surface area contributed by atoms with E-state index in [1.807, 2.05) is 12.1 Å². The highest BCUT2D eigenvalue weighted by Crippen LogP contribution is 2.10. The number of hydrogen-bond donors (Lipinski definition) is 1. The van der Waals surface area contributed by atoms with Gasteiger partial charge in [-0.1, -0.05) is 12.1 Å². The average molecular weight is 263 g/mol. The zero-order chi connectivity index (χ0) is 13.8. The Balaban J connectivity index is 2.84. The molecule has 0 saturated heterocycles. The van der Waals surface area contributed by atoms with Crippen molar-refractivity contribution in [3.63, 3.8) is 0 Å². The fraction of sp³-hybridized carbons (Fsp3) is 0.333. The van der Waals surface area contributed by atoms with Gasteiger partial charge < -0.3 is 0 Å². The highest BCUT2D eigenvalue weighted by molar-refractivity contribution is 7.88. The van der Waals surface area contributed by atoms with Crippen LogP contribution in [0.3, 0.4) is 0 Å². The van der Waals surface area contributed by atoms with E-state index in [9.17, 15) is 8.42 Å². The van der Waals surface area contributed by atoms with E-state index in [-0.39, 0.29) is 5.75 Å². The molecule has 0 bridgehead atoms. The second-order valence-corrected chi connectivity index (χ2v) is 6.13. The number of nitrogens with one attached hydrogen (secondary N) is 1. The molecule has 0 heterocycles. The van der Waals surface area contributed by atoms with E-state index in [4.69, 9.17) is 10.5 Å². The standard InChI is InChI=1S/C12H13N3O2S/c1-12(2,9-14)15-18(16,17)8-11-5-3-10(7-13)4-6-11/h3-6,15H,8H2,1-2H3. The molecule has 0 amide bonds. The molecule has 5 nitrogen and oxygen atoms in total. The van der Waals surface area contributed by atoms with Crippen molar-refractivity contribution >= 4 is 10.0 Å². The first kappa shape index (κ1) is 14.2. The Morgan fingerprint density at radius 3 is 2.22 bits per heavy atom. The largest absolute Gasteiger partial charge is 0.217 e. The average Bonchev–Trinajstić information content (AvgIpc) is 2.28. The monoisotopic (exact) mass is 263 g/mol. The van der Waals surface area contributed by atoms with Crippen LogP contribution in [0.4, 0.5) is 0 Å². The molecule has 0 aliphatic heterocycles. The summed E-state index contributed by atoms with van der Waals surface area (Å²) < 4.78 is 25.9. The van der Waals surface area contributed by atoms with Crippen LogP contribution in [0.15, 0.2) is 24.3 Å². The van der Waals surface area contributed by atoms with Crippen LogP contribution in [-0.4, -0.2) is 14.0 Å². The molecular weight excluding hydrogens is 250 g/mol. The van der Waals surface area contributed by atoms with Gasteiger partial charge in [0, 0.05) is 0 Å². The van der Waals surface area contributed by atoms with Gasteiger partial charge >= 0.3 is 0 Å². The molecule has 0 saturated carbocycles. The van der Waals surface area contributed by atoms with Crippen molar-refractivity contribution in [2.45, 2.75) is 25.1 Å². The van der Waals surface area contributed by atoms with Crippen molar-refractivity contribution in [3.05, 3.63) is 35.4 Å². The molecular formula is C12H13N3O2S. The first-order valence-electron chi connectivity index (χ1n) is 5.20. The Morgan fingerprint density at radius 1 is 1.22 bits per heavy atom. The molecule has 0 aliphatic rings. The van der Waals surface area contributed by atoms with Gasteiger partial charge in [-0.25, -0.2) is 8.42 Å². The lowest BCUT2D eigenvalue weighted by Crippen LogP contribution is -2.42. The fourth-order valence-electron chi connectivity index (χ4n) is 1.34. The van der Waals surface area contributed by atoms with Crippen molar-refractivity contribution in [2.75, 3.05) is 0 Å². The molecule has 0 aliphatic carbocycles. The summed E-state index contributed by atoms with van der Waals surface area (Å²) in [6.45, 7) is 2.98. The van der Waals surface area contributed by atoms with E-state index >= 15 is 0 Å². The van der Waals surface area contributed by atoms with Gasteiger partial charge in [0.05, 0.1) is 23.5 Å². The second-order valence-electron chi connectivity index (χ2n) is 4.41. The number of benzene rings is 1. The third-order valence-electron chi connectivity index (χ3n) is 2.13. The van der Waals surface area contributed by atoms with E-state index in [0.29, 0.717) is 11.1 Å². The summed E-state index contributed by atoms with van der Waals surface area (Å²) in [7, 11) is -3.58. The summed E-state index contributed by atoms with van der Waals surface area (Å²) in [6.07, 6.45) is 0. The lowest BCUT2D eigenvalue weighted by Gasteiger charge is -2.17. The fourth-order valence-corrected chi connectivity index (χ4v) is 2.87. The van der Waals surface area contributed by atoms with Crippen molar-refractivity contribution in [1.82, 2.24) is 4.72 Å². The summed E-state index contributed by atoms with van der Waals surface area (Å²) in [4.78, 5) is 0. The van der Waals surface area contributed by atoms with Crippen molar-refractivity contribution in [2.24, 2.45) is 0 Å². The molecule has 0 aromatic heterocycles. The van der Waals surface area contributed by atoms with Gasteiger partial charge in [-0.05, 0) is 31.5 Å². The SMILES string of the molecule is CC(C)(C#N)NS(=O)(=O)Cc1ccc(C#N)cc1. The molecule has 0 radical (unpaired) electrons. The topological polar surface area (TPSA) is 93.8 Å². The van der Waals surface area contributed by atoms with Crippen molar-refractivity contribution in [1.29, 1.82) is 10.5 Å². The van der Waals surface area contributed by atoms with Gasteiger partial charge in [-0.3, -0.25) is 0 Å². The summed E-state index contributed by atoms with van der Waals surface area (Å²) in [6, 6.07) is 10.1. The molecule has 1 aromatic rings. The number of sulfonamides is 1. The van der Waals surface area contributed by atoms with Gasteiger partial charge in [-0.2, -0.15) is 15.2 Å². The predicted molar refractivity (Wildman–Crippen MR) is 66.6 cm³/mol. The van der Waals surface area contributed by atoms with Crippen LogP contribution in [-0.2, 0) is 15.8 Å². The minimum absolute atomic E-state index is 0.218. The minimum atomic E-state index is -3.58. The summed E-state index contributed by atoms with van der Waals surface area (Å²) in [5.74, 6) is -0.218. The van der Waals surface area contributed by atoms with Crippen LogP contribution in [0.5, 0.6) is 0 Å². The maximum atomic E-state index is 11.8. The molecule has 1 aromatic carbocycles. The van der Waals surface area contributed by atoms with E-state index in [1.54, 1.807) is 24.3 Å². The van der Waals surface area contributed by atoms with E-state index in [2.05, 4.69) is 4.72 Å². The Morgan fingerprint density at radius 2 is 1.78 bits per heavy atom. The van der Waals surface area contributed by atoms with Crippen molar-refractivity contribution < 1.29 is 8.42 Å². The number of nitrogens with zero attached hydrogens (tertiary/aromatic N) is 2. The van der Waals surface area contributed by atoms with Crippen LogP contribution in [0, 0.1) is 22.7 Å². The minimum Gasteiger partial charge on any atom is -0.212 e. The lowest BCUT2D eigenvalue weighted by molar-refractivity contribution is 0.535.